The molecular formula is C15H21IN4S. The molecule has 0 aliphatic carbocycles. The summed E-state index contributed by atoms with van der Waals surface area (Å²) < 4.78 is 0. The minimum Gasteiger partial charge on any atom is -0.357 e. The van der Waals surface area contributed by atoms with E-state index in [0.29, 0.717) is 6.54 Å². The molecule has 1 aromatic heterocycles. The Kier molecular flexibility index (Phi) is 8.29. The SMILES string of the molecule is CCNC(=NCc1ccccc1)NCc1scnc1C.I. The summed E-state index contributed by atoms with van der Waals surface area (Å²) in [5, 5.41) is 6.60. The van der Waals surface area contributed by atoms with Crippen molar-refractivity contribution in [3.63, 3.8) is 0 Å². The van der Waals surface area contributed by atoms with Crippen LogP contribution in [0.3, 0.4) is 0 Å². The first-order valence-corrected chi connectivity index (χ1v) is 7.62. The van der Waals surface area contributed by atoms with Gasteiger partial charge in [0.1, 0.15) is 0 Å². The summed E-state index contributed by atoms with van der Waals surface area (Å²) >= 11 is 1.67. The standard InChI is InChI=1S/C15H20N4S.HI/c1-3-16-15(17-9-13-7-5-4-6-8-13)18-10-14-12(2)19-11-20-14;/h4-8,11H,3,9-10H2,1-2H3,(H2,16,17,18);1H. The van der Waals surface area contributed by atoms with Crippen molar-refractivity contribution in [2.75, 3.05) is 6.54 Å². The van der Waals surface area contributed by atoms with Gasteiger partial charge in [-0.15, -0.1) is 35.3 Å². The minimum absolute atomic E-state index is 0. The zero-order chi connectivity index (χ0) is 14.2. The molecule has 0 aliphatic rings. The molecule has 0 fully saturated rings. The lowest BCUT2D eigenvalue weighted by Gasteiger charge is -2.10. The molecule has 0 atom stereocenters. The van der Waals surface area contributed by atoms with Crippen LogP contribution < -0.4 is 10.6 Å². The van der Waals surface area contributed by atoms with Gasteiger partial charge in [-0.2, -0.15) is 0 Å². The number of halogens is 1. The molecule has 0 saturated carbocycles. The molecule has 21 heavy (non-hydrogen) atoms. The van der Waals surface area contributed by atoms with Crippen molar-refractivity contribution in [1.82, 2.24) is 15.6 Å². The van der Waals surface area contributed by atoms with Crippen molar-refractivity contribution in [2.45, 2.75) is 26.9 Å². The van der Waals surface area contributed by atoms with E-state index in [0.717, 1.165) is 24.7 Å². The van der Waals surface area contributed by atoms with E-state index in [1.54, 1.807) is 11.3 Å². The lowest BCUT2D eigenvalue weighted by molar-refractivity contribution is 0.819. The largest absolute Gasteiger partial charge is 0.357 e. The zero-order valence-electron chi connectivity index (χ0n) is 12.3. The predicted octanol–water partition coefficient (Wildman–Crippen LogP) is 3.32. The van der Waals surface area contributed by atoms with Gasteiger partial charge in [-0.3, -0.25) is 0 Å². The number of aryl methyl sites for hydroxylation is 1. The number of nitrogens with one attached hydrogen (secondary N) is 2. The van der Waals surface area contributed by atoms with Crippen LogP contribution in [0.25, 0.3) is 0 Å². The molecule has 0 bridgehead atoms. The number of aliphatic imine (C=N–C) groups is 1. The van der Waals surface area contributed by atoms with E-state index >= 15 is 0 Å². The highest BCUT2D eigenvalue weighted by atomic mass is 127. The second-order valence-electron chi connectivity index (χ2n) is 4.40. The minimum atomic E-state index is 0. The molecule has 1 heterocycles. The van der Waals surface area contributed by atoms with E-state index in [-0.39, 0.29) is 24.0 Å². The Morgan fingerprint density at radius 3 is 2.62 bits per heavy atom. The van der Waals surface area contributed by atoms with Gasteiger partial charge in [0.05, 0.1) is 24.3 Å². The van der Waals surface area contributed by atoms with Gasteiger partial charge in [0.15, 0.2) is 5.96 Å². The van der Waals surface area contributed by atoms with Crippen molar-refractivity contribution in [1.29, 1.82) is 0 Å². The molecule has 0 radical (unpaired) electrons. The highest BCUT2D eigenvalue weighted by molar-refractivity contribution is 14.0. The normalized spacial score (nSPS) is 10.9. The van der Waals surface area contributed by atoms with Gasteiger partial charge in [-0.1, -0.05) is 30.3 Å². The molecule has 4 nitrogen and oxygen atoms in total. The van der Waals surface area contributed by atoms with Crippen LogP contribution in [0.2, 0.25) is 0 Å². The Bertz CT molecular complexity index is 554. The molecule has 2 N–H and O–H groups in total. The highest BCUT2D eigenvalue weighted by Crippen LogP contribution is 2.11. The Labute approximate surface area is 147 Å². The Hall–Kier alpha value is -1.15. The molecule has 0 aliphatic heterocycles. The summed E-state index contributed by atoms with van der Waals surface area (Å²) in [5.41, 5.74) is 4.17. The number of benzene rings is 1. The zero-order valence-corrected chi connectivity index (χ0v) is 15.4. The van der Waals surface area contributed by atoms with Crippen LogP contribution in [-0.4, -0.2) is 17.5 Å². The van der Waals surface area contributed by atoms with Gasteiger partial charge in [0.25, 0.3) is 0 Å². The van der Waals surface area contributed by atoms with E-state index in [1.165, 1.54) is 10.4 Å². The van der Waals surface area contributed by atoms with Gasteiger partial charge in [0.2, 0.25) is 0 Å². The van der Waals surface area contributed by atoms with E-state index in [1.807, 2.05) is 30.6 Å². The predicted molar refractivity (Wildman–Crippen MR) is 100 cm³/mol. The smallest absolute Gasteiger partial charge is 0.191 e. The van der Waals surface area contributed by atoms with Crippen molar-refractivity contribution in [3.8, 4) is 0 Å². The van der Waals surface area contributed by atoms with E-state index < -0.39 is 0 Å². The number of thiazole rings is 1. The Morgan fingerprint density at radius 2 is 2.00 bits per heavy atom. The Balaban J connectivity index is 0.00000220. The molecule has 0 saturated heterocycles. The first kappa shape index (κ1) is 17.9. The molecular weight excluding hydrogens is 395 g/mol. The first-order valence-electron chi connectivity index (χ1n) is 6.74. The van der Waals surface area contributed by atoms with Gasteiger partial charge < -0.3 is 10.6 Å². The van der Waals surface area contributed by atoms with Gasteiger partial charge in [0, 0.05) is 11.4 Å². The van der Waals surface area contributed by atoms with Gasteiger partial charge in [-0.05, 0) is 19.4 Å². The van der Waals surface area contributed by atoms with Crippen molar-refractivity contribution >= 4 is 41.3 Å². The van der Waals surface area contributed by atoms with E-state index in [4.69, 9.17) is 0 Å². The summed E-state index contributed by atoms with van der Waals surface area (Å²) in [7, 11) is 0. The second kappa shape index (κ2) is 9.73. The van der Waals surface area contributed by atoms with Crippen molar-refractivity contribution in [2.24, 2.45) is 4.99 Å². The second-order valence-corrected chi connectivity index (χ2v) is 5.33. The third-order valence-corrected chi connectivity index (χ3v) is 3.80. The molecule has 0 spiro atoms. The summed E-state index contributed by atoms with van der Waals surface area (Å²) in [6.45, 7) is 6.39. The molecule has 0 unspecified atom stereocenters. The van der Waals surface area contributed by atoms with Crippen LogP contribution in [-0.2, 0) is 13.1 Å². The first-order chi connectivity index (χ1) is 9.79. The lowest BCUT2D eigenvalue weighted by Crippen LogP contribution is -2.36. The number of guanidine groups is 1. The van der Waals surface area contributed by atoms with Crippen LogP contribution >= 0.6 is 35.3 Å². The number of nitrogens with zero attached hydrogens (tertiary/aromatic N) is 2. The van der Waals surface area contributed by atoms with Gasteiger partial charge in [-0.25, -0.2) is 9.98 Å². The molecule has 2 rings (SSSR count). The third-order valence-electron chi connectivity index (χ3n) is 2.87. The van der Waals surface area contributed by atoms with Crippen LogP contribution in [0.15, 0.2) is 40.8 Å². The number of rotatable bonds is 5. The van der Waals surface area contributed by atoms with Crippen molar-refractivity contribution < 1.29 is 0 Å². The lowest BCUT2D eigenvalue weighted by atomic mass is 10.2. The van der Waals surface area contributed by atoms with Crippen LogP contribution in [0.4, 0.5) is 0 Å². The van der Waals surface area contributed by atoms with Crippen LogP contribution in [0.1, 0.15) is 23.1 Å². The monoisotopic (exact) mass is 416 g/mol. The Morgan fingerprint density at radius 1 is 1.24 bits per heavy atom. The van der Waals surface area contributed by atoms with E-state index in [2.05, 4.69) is 39.7 Å². The summed E-state index contributed by atoms with van der Waals surface area (Å²) in [6, 6.07) is 10.3. The summed E-state index contributed by atoms with van der Waals surface area (Å²) in [6.07, 6.45) is 0. The molecule has 2 aromatic rings. The van der Waals surface area contributed by atoms with Crippen LogP contribution in [0.5, 0.6) is 0 Å². The summed E-state index contributed by atoms with van der Waals surface area (Å²) in [5.74, 6) is 0.837. The third kappa shape index (κ3) is 6.01. The molecule has 6 heteroatoms. The maximum atomic E-state index is 4.59. The quantitative estimate of drug-likeness (QED) is 0.447. The maximum Gasteiger partial charge on any atom is 0.191 e. The number of aromatic nitrogens is 1. The molecule has 0 amide bonds. The fourth-order valence-corrected chi connectivity index (χ4v) is 2.47. The summed E-state index contributed by atoms with van der Waals surface area (Å²) in [4.78, 5) is 10.1. The average molecular weight is 416 g/mol. The fraction of sp³-hybridized carbons (Fsp3) is 0.333. The van der Waals surface area contributed by atoms with Crippen LogP contribution in [0, 0.1) is 6.92 Å². The average Bonchev–Trinajstić information content (AvgIpc) is 2.88. The topological polar surface area (TPSA) is 49.3 Å². The number of hydrogen-bond donors (Lipinski definition) is 2. The molecule has 1 aromatic carbocycles. The highest BCUT2D eigenvalue weighted by Gasteiger charge is 2.03. The van der Waals surface area contributed by atoms with Crippen molar-refractivity contribution in [3.05, 3.63) is 52.0 Å². The number of hydrogen-bond acceptors (Lipinski definition) is 3. The fourth-order valence-electron chi connectivity index (χ4n) is 1.76. The van der Waals surface area contributed by atoms with Gasteiger partial charge >= 0.3 is 0 Å². The van der Waals surface area contributed by atoms with E-state index in [9.17, 15) is 0 Å². The molecule has 114 valence electrons. The maximum absolute atomic E-state index is 4.59.